The van der Waals surface area contributed by atoms with Crippen LogP contribution in [0.15, 0.2) is 42.0 Å². The molecule has 6 nitrogen and oxygen atoms in total. The standard InChI is InChI=1S/C17H14FN3O3S/c1-24-17(23)16(22)21(9-14-12(18)3-2-6-19-14)8-11-4-5-15-13(7-11)20-10-25-15/h2-7,10H,8-9H2,1H3. The fraction of sp³-hybridized carbons (Fsp3) is 0.176. The Kier molecular flexibility index (Phi) is 4.99. The highest BCUT2D eigenvalue weighted by Crippen LogP contribution is 2.20. The maximum Gasteiger partial charge on any atom is 0.396 e. The Hall–Kier alpha value is -2.87. The van der Waals surface area contributed by atoms with Crippen LogP contribution in [0.25, 0.3) is 10.2 Å². The number of hydrogen-bond donors (Lipinski definition) is 0. The molecular formula is C17H14FN3O3S. The molecule has 0 radical (unpaired) electrons. The van der Waals surface area contributed by atoms with E-state index in [0.717, 1.165) is 22.9 Å². The summed E-state index contributed by atoms with van der Waals surface area (Å²) in [5.41, 5.74) is 3.38. The Balaban J connectivity index is 1.88. The Morgan fingerprint density at radius 2 is 2.08 bits per heavy atom. The molecule has 0 N–H and O–H groups in total. The maximum atomic E-state index is 13.9. The Labute approximate surface area is 146 Å². The first-order valence-corrected chi connectivity index (χ1v) is 8.25. The van der Waals surface area contributed by atoms with Crippen LogP contribution in [0, 0.1) is 5.82 Å². The predicted octanol–water partition coefficient (Wildman–Crippen LogP) is 2.53. The van der Waals surface area contributed by atoms with Gasteiger partial charge in [0.2, 0.25) is 0 Å². The monoisotopic (exact) mass is 359 g/mol. The third kappa shape index (κ3) is 3.80. The van der Waals surface area contributed by atoms with Crippen LogP contribution in [0.4, 0.5) is 4.39 Å². The number of carbonyl (C=O) groups is 2. The molecule has 1 amide bonds. The van der Waals surface area contributed by atoms with E-state index in [1.807, 2.05) is 18.2 Å². The third-order valence-corrected chi connectivity index (χ3v) is 4.40. The topological polar surface area (TPSA) is 72.4 Å². The van der Waals surface area contributed by atoms with Gasteiger partial charge in [0.1, 0.15) is 5.82 Å². The zero-order chi connectivity index (χ0) is 17.8. The summed E-state index contributed by atoms with van der Waals surface area (Å²) in [6.45, 7) is -0.0346. The van der Waals surface area contributed by atoms with Gasteiger partial charge in [-0.2, -0.15) is 0 Å². The molecule has 0 fully saturated rings. The molecule has 8 heteroatoms. The van der Waals surface area contributed by atoms with Crippen molar-refractivity contribution in [1.82, 2.24) is 14.9 Å². The van der Waals surface area contributed by atoms with Crippen LogP contribution in [0.3, 0.4) is 0 Å². The van der Waals surface area contributed by atoms with Gasteiger partial charge in [-0.15, -0.1) is 11.3 Å². The van der Waals surface area contributed by atoms with Gasteiger partial charge in [0, 0.05) is 12.7 Å². The SMILES string of the molecule is COC(=O)C(=O)N(Cc1ccc2scnc2c1)Cc1ncccc1F. The fourth-order valence-corrected chi connectivity index (χ4v) is 3.01. The largest absolute Gasteiger partial charge is 0.462 e. The summed E-state index contributed by atoms with van der Waals surface area (Å²) in [5, 5.41) is 0. The van der Waals surface area contributed by atoms with E-state index in [2.05, 4.69) is 14.7 Å². The number of methoxy groups -OCH3 is 1. The molecule has 0 saturated heterocycles. The number of hydrogen-bond acceptors (Lipinski definition) is 6. The quantitative estimate of drug-likeness (QED) is 0.529. The number of amides is 1. The zero-order valence-electron chi connectivity index (χ0n) is 13.3. The molecule has 2 aromatic heterocycles. The fourth-order valence-electron chi connectivity index (χ4n) is 2.35. The summed E-state index contributed by atoms with van der Waals surface area (Å²) in [7, 11) is 1.13. The third-order valence-electron chi connectivity index (χ3n) is 3.59. The van der Waals surface area contributed by atoms with E-state index in [-0.39, 0.29) is 18.8 Å². The van der Waals surface area contributed by atoms with E-state index < -0.39 is 17.7 Å². The van der Waals surface area contributed by atoms with E-state index in [0.29, 0.717) is 0 Å². The number of benzene rings is 1. The molecule has 128 valence electrons. The molecule has 0 bridgehead atoms. The molecule has 3 aromatic rings. The van der Waals surface area contributed by atoms with Crippen LogP contribution < -0.4 is 0 Å². The Morgan fingerprint density at radius 1 is 1.24 bits per heavy atom. The number of thiazole rings is 1. The van der Waals surface area contributed by atoms with Crippen molar-refractivity contribution in [1.29, 1.82) is 0 Å². The lowest BCUT2D eigenvalue weighted by atomic mass is 10.2. The van der Waals surface area contributed by atoms with Crippen molar-refractivity contribution >= 4 is 33.4 Å². The lowest BCUT2D eigenvalue weighted by molar-refractivity contribution is -0.158. The number of fused-ring (bicyclic) bond motifs is 1. The number of nitrogens with zero attached hydrogens (tertiary/aromatic N) is 3. The second-order valence-corrected chi connectivity index (χ2v) is 6.13. The van der Waals surface area contributed by atoms with Gasteiger partial charge in [-0.1, -0.05) is 6.07 Å². The minimum atomic E-state index is -1.01. The first kappa shape index (κ1) is 17.0. The molecular weight excluding hydrogens is 345 g/mol. The summed E-state index contributed by atoms with van der Waals surface area (Å²) in [6.07, 6.45) is 1.43. The second-order valence-electron chi connectivity index (χ2n) is 5.24. The zero-order valence-corrected chi connectivity index (χ0v) is 14.1. The number of ether oxygens (including phenoxy) is 1. The number of rotatable bonds is 4. The molecule has 1 aromatic carbocycles. The van der Waals surface area contributed by atoms with Crippen molar-refractivity contribution in [3.63, 3.8) is 0 Å². The van der Waals surface area contributed by atoms with Crippen LogP contribution in [-0.4, -0.2) is 33.9 Å². The summed E-state index contributed by atoms with van der Waals surface area (Å²) in [4.78, 5) is 33.3. The van der Waals surface area contributed by atoms with E-state index in [1.165, 1.54) is 34.6 Å². The number of pyridine rings is 1. The average molecular weight is 359 g/mol. The number of halogens is 1. The molecule has 2 heterocycles. The Bertz CT molecular complexity index is 928. The number of aromatic nitrogens is 2. The van der Waals surface area contributed by atoms with Crippen LogP contribution in [-0.2, 0) is 27.4 Å². The minimum Gasteiger partial charge on any atom is -0.462 e. The van der Waals surface area contributed by atoms with E-state index >= 15 is 0 Å². The first-order valence-electron chi connectivity index (χ1n) is 7.37. The number of carbonyl (C=O) groups excluding carboxylic acids is 2. The minimum absolute atomic E-state index is 0.0782. The maximum absolute atomic E-state index is 13.9. The van der Waals surface area contributed by atoms with Crippen LogP contribution in [0.1, 0.15) is 11.3 Å². The van der Waals surface area contributed by atoms with Gasteiger partial charge < -0.3 is 9.64 Å². The molecule has 0 aliphatic heterocycles. The summed E-state index contributed by atoms with van der Waals surface area (Å²) >= 11 is 1.51. The molecule has 0 saturated carbocycles. The summed E-state index contributed by atoms with van der Waals surface area (Å²) in [5.74, 6) is -2.41. The molecule has 25 heavy (non-hydrogen) atoms. The van der Waals surface area contributed by atoms with Gasteiger partial charge in [0.05, 0.1) is 35.1 Å². The van der Waals surface area contributed by atoms with Crippen molar-refractivity contribution in [2.24, 2.45) is 0 Å². The van der Waals surface area contributed by atoms with Crippen LogP contribution in [0.2, 0.25) is 0 Å². The molecule has 0 aliphatic carbocycles. The molecule has 0 aliphatic rings. The molecule has 0 atom stereocenters. The van der Waals surface area contributed by atoms with Crippen molar-refractivity contribution < 1.29 is 18.7 Å². The smallest absolute Gasteiger partial charge is 0.396 e. The predicted molar refractivity (Wildman–Crippen MR) is 90.1 cm³/mol. The van der Waals surface area contributed by atoms with Crippen molar-refractivity contribution in [3.8, 4) is 0 Å². The van der Waals surface area contributed by atoms with E-state index in [1.54, 1.807) is 5.51 Å². The summed E-state index contributed by atoms with van der Waals surface area (Å²) in [6, 6.07) is 8.28. The molecule has 0 spiro atoms. The van der Waals surface area contributed by atoms with Crippen LogP contribution >= 0.6 is 11.3 Å². The van der Waals surface area contributed by atoms with Gasteiger partial charge in [0.25, 0.3) is 0 Å². The van der Waals surface area contributed by atoms with Crippen molar-refractivity contribution in [2.45, 2.75) is 13.1 Å². The first-order chi connectivity index (χ1) is 12.1. The van der Waals surface area contributed by atoms with E-state index in [9.17, 15) is 14.0 Å². The second kappa shape index (κ2) is 7.35. The van der Waals surface area contributed by atoms with Gasteiger partial charge in [-0.05, 0) is 29.8 Å². The van der Waals surface area contributed by atoms with Crippen LogP contribution in [0.5, 0.6) is 0 Å². The van der Waals surface area contributed by atoms with Crippen molar-refractivity contribution in [3.05, 3.63) is 59.1 Å². The summed E-state index contributed by atoms with van der Waals surface area (Å²) < 4.78 is 19.4. The lowest BCUT2D eigenvalue weighted by Gasteiger charge is -2.21. The highest BCUT2D eigenvalue weighted by Gasteiger charge is 2.24. The normalized spacial score (nSPS) is 10.6. The highest BCUT2D eigenvalue weighted by molar-refractivity contribution is 7.16. The highest BCUT2D eigenvalue weighted by atomic mass is 32.1. The van der Waals surface area contributed by atoms with Gasteiger partial charge >= 0.3 is 11.9 Å². The number of esters is 1. The molecule has 0 unspecified atom stereocenters. The van der Waals surface area contributed by atoms with Gasteiger partial charge in [-0.25, -0.2) is 14.2 Å². The van der Waals surface area contributed by atoms with Crippen molar-refractivity contribution in [2.75, 3.05) is 7.11 Å². The molecule has 3 rings (SSSR count). The van der Waals surface area contributed by atoms with Gasteiger partial charge in [-0.3, -0.25) is 9.78 Å². The van der Waals surface area contributed by atoms with E-state index in [4.69, 9.17) is 0 Å². The Morgan fingerprint density at radius 3 is 2.84 bits per heavy atom. The van der Waals surface area contributed by atoms with Gasteiger partial charge in [0.15, 0.2) is 0 Å². The lowest BCUT2D eigenvalue weighted by Crippen LogP contribution is -2.36. The average Bonchev–Trinajstić information content (AvgIpc) is 3.09.